The Hall–Kier alpha value is -2.22. The molecule has 1 fully saturated rings. The monoisotopic (exact) mass is 694 g/mol. The maximum Gasteiger partial charge on any atom is 0.335 e. The molecule has 2 aromatic carbocycles. The first kappa shape index (κ1) is 30.7. The summed E-state index contributed by atoms with van der Waals surface area (Å²) >= 11 is 8.26. The number of hydrogen-bond donors (Lipinski definition) is 3. The summed E-state index contributed by atoms with van der Waals surface area (Å²) in [5.41, 5.74) is 0.422. The number of nitrogens with one attached hydrogen (secondary N) is 1. The molecule has 0 spiro atoms. The Morgan fingerprint density at radius 2 is 1.88 bits per heavy atom. The fraction of sp³-hybridized carbons (Fsp3) is 0.393. The number of pyridine rings is 1. The van der Waals surface area contributed by atoms with Crippen molar-refractivity contribution in [2.45, 2.75) is 50.5 Å². The highest BCUT2D eigenvalue weighted by molar-refractivity contribution is 9.11. The molecule has 0 bridgehead atoms. The number of rotatable bonds is 11. The van der Waals surface area contributed by atoms with Gasteiger partial charge in [0, 0.05) is 57.4 Å². The standard InChI is InChI=1S/C28H32Br2N4O5S/c1-28(2,12-4-16-39-25-23(30)17-22(29)21-5-3-13-31-24(21)25)27(37)32-19-10-14-33(15-11-19)34(38)40-20-8-6-18(7-9-20)26(35)36/h3,5-9,13,17,19,38H,4,10-12,14-16H2,1-2H3,(H,32,37)(H,35,36). The number of fused-ring (bicyclic) bond motifs is 1. The molecule has 0 atom stereocenters. The highest BCUT2D eigenvalue weighted by Crippen LogP contribution is 2.37. The van der Waals surface area contributed by atoms with Gasteiger partial charge in [0.05, 0.1) is 16.6 Å². The molecule has 3 N–H and O–H groups in total. The molecule has 2 heterocycles. The Balaban J connectivity index is 1.21. The summed E-state index contributed by atoms with van der Waals surface area (Å²) in [6.45, 7) is 5.53. The van der Waals surface area contributed by atoms with Gasteiger partial charge >= 0.3 is 5.97 Å². The van der Waals surface area contributed by atoms with Gasteiger partial charge in [-0.15, -0.1) is 0 Å². The minimum atomic E-state index is -0.988. The van der Waals surface area contributed by atoms with Gasteiger partial charge in [0.2, 0.25) is 5.91 Å². The van der Waals surface area contributed by atoms with Crippen LogP contribution in [0.25, 0.3) is 10.9 Å². The molecule has 12 heteroatoms. The van der Waals surface area contributed by atoms with Crippen molar-refractivity contribution < 1.29 is 24.6 Å². The number of carbonyl (C=O) groups is 2. The molecular formula is C28H32Br2N4O5S. The van der Waals surface area contributed by atoms with Crippen LogP contribution in [0.4, 0.5) is 0 Å². The molecule has 1 amide bonds. The number of ether oxygens (including phenoxy) is 1. The molecule has 0 unspecified atom stereocenters. The smallest absolute Gasteiger partial charge is 0.335 e. The molecular weight excluding hydrogens is 664 g/mol. The van der Waals surface area contributed by atoms with E-state index in [4.69, 9.17) is 9.84 Å². The van der Waals surface area contributed by atoms with Crippen molar-refractivity contribution in [3.63, 3.8) is 0 Å². The van der Waals surface area contributed by atoms with Crippen molar-refractivity contribution in [3.05, 3.63) is 63.2 Å². The van der Waals surface area contributed by atoms with Crippen LogP contribution < -0.4 is 10.1 Å². The summed E-state index contributed by atoms with van der Waals surface area (Å²) in [5, 5.41) is 25.5. The largest absolute Gasteiger partial charge is 0.490 e. The zero-order chi connectivity index (χ0) is 28.9. The lowest BCUT2D eigenvalue weighted by atomic mass is 9.86. The summed E-state index contributed by atoms with van der Waals surface area (Å²) < 4.78 is 8.95. The normalized spacial score (nSPS) is 14.9. The maximum atomic E-state index is 13.1. The minimum absolute atomic E-state index is 0.0108. The molecule has 1 aliphatic heterocycles. The fourth-order valence-electron chi connectivity index (χ4n) is 4.46. The molecule has 4 rings (SSSR count). The number of aromatic carboxylic acids is 1. The zero-order valence-corrected chi connectivity index (χ0v) is 26.3. The first-order valence-electron chi connectivity index (χ1n) is 13.0. The fourth-order valence-corrected chi connectivity index (χ4v) is 6.57. The third-order valence-corrected chi connectivity index (χ3v) is 9.02. The molecule has 0 aliphatic carbocycles. The molecule has 40 heavy (non-hydrogen) atoms. The second-order valence-corrected chi connectivity index (χ2v) is 13.0. The van der Waals surface area contributed by atoms with Gasteiger partial charge in [-0.25, -0.2) is 9.80 Å². The van der Waals surface area contributed by atoms with Gasteiger partial charge in [-0.1, -0.05) is 40.4 Å². The van der Waals surface area contributed by atoms with E-state index in [1.165, 1.54) is 12.1 Å². The van der Waals surface area contributed by atoms with Gasteiger partial charge < -0.3 is 15.2 Å². The number of carboxylic acids is 1. The number of benzene rings is 2. The van der Waals surface area contributed by atoms with Gasteiger partial charge in [0.25, 0.3) is 0 Å². The number of amides is 1. The van der Waals surface area contributed by atoms with E-state index in [0.29, 0.717) is 51.1 Å². The van der Waals surface area contributed by atoms with E-state index in [0.717, 1.165) is 41.3 Å². The third kappa shape index (κ3) is 7.74. The van der Waals surface area contributed by atoms with E-state index in [9.17, 15) is 14.8 Å². The predicted molar refractivity (Wildman–Crippen MR) is 161 cm³/mol. The number of hydrazine groups is 1. The highest BCUT2D eigenvalue weighted by atomic mass is 79.9. The van der Waals surface area contributed by atoms with Crippen molar-refractivity contribution >= 4 is 66.6 Å². The first-order valence-corrected chi connectivity index (χ1v) is 15.3. The second kappa shape index (κ2) is 13.6. The number of carbonyl (C=O) groups excluding carboxylic acids is 1. The van der Waals surface area contributed by atoms with Crippen LogP contribution in [0.1, 0.15) is 49.9 Å². The van der Waals surface area contributed by atoms with Crippen LogP contribution in [0.3, 0.4) is 0 Å². The number of carboxylic acid groups (broad SMARTS) is 1. The Bertz CT molecular complexity index is 1350. The van der Waals surface area contributed by atoms with Gasteiger partial charge in [-0.3, -0.25) is 15.0 Å². The quantitative estimate of drug-likeness (QED) is 0.117. The lowest BCUT2D eigenvalue weighted by molar-refractivity contribution is -0.166. The van der Waals surface area contributed by atoms with Crippen molar-refractivity contribution in [3.8, 4) is 5.75 Å². The molecule has 214 valence electrons. The lowest BCUT2D eigenvalue weighted by Crippen LogP contribution is -2.50. The molecule has 1 aliphatic rings. The first-order chi connectivity index (χ1) is 19.0. The van der Waals surface area contributed by atoms with Crippen LogP contribution >= 0.6 is 43.8 Å². The molecule has 0 radical (unpaired) electrons. The Morgan fingerprint density at radius 3 is 2.55 bits per heavy atom. The van der Waals surface area contributed by atoms with Gasteiger partial charge in [0.15, 0.2) is 5.75 Å². The van der Waals surface area contributed by atoms with Crippen molar-refractivity contribution in [2.75, 3.05) is 19.7 Å². The van der Waals surface area contributed by atoms with Gasteiger partial charge in [-0.05, 0) is 78.0 Å². The van der Waals surface area contributed by atoms with E-state index in [1.54, 1.807) is 23.3 Å². The predicted octanol–water partition coefficient (Wildman–Crippen LogP) is 6.54. The molecule has 1 saturated heterocycles. The van der Waals surface area contributed by atoms with E-state index in [-0.39, 0.29) is 17.5 Å². The highest BCUT2D eigenvalue weighted by Gasteiger charge is 2.31. The van der Waals surface area contributed by atoms with E-state index in [2.05, 4.69) is 42.2 Å². The number of nitrogens with zero attached hydrogens (tertiary/aromatic N) is 3. The van der Waals surface area contributed by atoms with Gasteiger partial charge in [0.1, 0.15) is 5.52 Å². The number of aromatic nitrogens is 1. The topological polar surface area (TPSA) is 115 Å². The second-order valence-electron chi connectivity index (χ2n) is 10.3. The van der Waals surface area contributed by atoms with Crippen LogP contribution in [0.2, 0.25) is 0 Å². The van der Waals surface area contributed by atoms with Crippen LogP contribution in [-0.4, -0.2) is 62.5 Å². The average Bonchev–Trinajstić information content (AvgIpc) is 2.93. The minimum Gasteiger partial charge on any atom is -0.490 e. The molecule has 9 nitrogen and oxygen atoms in total. The summed E-state index contributed by atoms with van der Waals surface area (Å²) in [4.78, 5) is 29.3. The SMILES string of the molecule is CC(C)(CCCOc1c(Br)cc(Br)c2cccnc12)C(=O)NC1CCN(N(O)Sc2ccc(C(=O)O)cc2)CC1. The van der Waals surface area contributed by atoms with E-state index >= 15 is 0 Å². The van der Waals surface area contributed by atoms with E-state index in [1.807, 2.05) is 32.0 Å². The Kier molecular flexibility index (Phi) is 10.5. The summed E-state index contributed by atoms with van der Waals surface area (Å²) in [5.74, 6) is -0.281. The lowest BCUT2D eigenvalue weighted by Gasteiger charge is -2.36. The van der Waals surface area contributed by atoms with E-state index < -0.39 is 11.4 Å². The number of piperidine rings is 1. The van der Waals surface area contributed by atoms with Crippen LogP contribution in [0.5, 0.6) is 5.75 Å². The van der Waals surface area contributed by atoms with Crippen LogP contribution in [-0.2, 0) is 4.79 Å². The summed E-state index contributed by atoms with van der Waals surface area (Å²) in [7, 11) is 0. The van der Waals surface area contributed by atoms with Crippen LogP contribution in [0.15, 0.2) is 62.5 Å². The van der Waals surface area contributed by atoms with Gasteiger partial charge in [-0.2, -0.15) is 0 Å². The Morgan fingerprint density at radius 1 is 1.18 bits per heavy atom. The molecule has 3 aromatic rings. The van der Waals surface area contributed by atoms with Crippen molar-refractivity contribution in [1.82, 2.24) is 19.9 Å². The van der Waals surface area contributed by atoms with Crippen LogP contribution in [0, 0.1) is 5.41 Å². The third-order valence-electron chi connectivity index (χ3n) is 6.89. The maximum absolute atomic E-state index is 13.1. The zero-order valence-electron chi connectivity index (χ0n) is 22.3. The Labute approximate surface area is 254 Å². The van der Waals surface area contributed by atoms with Crippen molar-refractivity contribution in [1.29, 1.82) is 0 Å². The summed E-state index contributed by atoms with van der Waals surface area (Å²) in [6.07, 6.45) is 4.53. The summed E-state index contributed by atoms with van der Waals surface area (Å²) in [6, 6.07) is 12.2. The number of halogens is 2. The molecule has 0 saturated carbocycles. The number of hydrogen-bond acceptors (Lipinski definition) is 8. The average molecular weight is 696 g/mol. The van der Waals surface area contributed by atoms with Crippen molar-refractivity contribution in [2.24, 2.45) is 5.41 Å². The molecule has 1 aromatic heterocycles.